The van der Waals surface area contributed by atoms with Gasteiger partial charge in [-0.1, -0.05) is 32.1 Å². The first-order valence-corrected chi connectivity index (χ1v) is 3.82. The summed E-state index contributed by atoms with van der Waals surface area (Å²) in [5, 5.41) is 6.95. The van der Waals surface area contributed by atoms with E-state index >= 15 is 0 Å². The molecule has 0 heterocycles. The van der Waals surface area contributed by atoms with E-state index in [2.05, 4.69) is 0 Å². The van der Waals surface area contributed by atoms with Crippen molar-refractivity contribution in [2.75, 3.05) is 0 Å². The standard InChI is InChI=1S/C7H12N2.C2H6/c1-3-4-5-6(2)7(8)9;1-2/h3-5H,1-2H3,(H3,8,9);1-2H3/b4-3-,6-5+;. The number of nitrogens with one attached hydrogen (secondary N) is 1. The number of allylic oxidation sites excluding steroid dienone is 3. The Morgan fingerprint density at radius 2 is 1.82 bits per heavy atom. The van der Waals surface area contributed by atoms with Crippen LogP contribution in [0.25, 0.3) is 0 Å². The summed E-state index contributed by atoms with van der Waals surface area (Å²) >= 11 is 0. The van der Waals surface area contributed by atoms with Crippen LogP contribution < -0.4 is 5.73 Å². The smallest absolute Gasteiger partial charge is 0.118 e. The molecule has 0 fully saturated rings. The van der Waals surface area contributed by atoms with E-state index in [0.717, 1.165) is 5.57 Å². The molecule has 0 rings (SSSR count). The van der Waals surface area contributed by atoms with Crippen LogP contribution in [-0.4, -0.2) is 5.84 Å². The SMILES string of the molecule is C/C=C\C=C(/C)C(=N)N.CC. The summed E-state index contributed by atoms with van der Waals surface area (Å²) in [7, 11) is 0. The van der Waals surface area contributed by atoms with Gasteiger partial charge in [-0.05, 0) is 19.4 Å². The van der Waals surface area contributed by atoms with E-state index in [1.165, 1.54) is 0 Å². The minimum atomic E-state index is 0.133. The molecule has 0 bridgehead atoms. The van der Waals surface area contributed by atoms with Crippen molar-refractivity contribution in [3.63, 3.8) is 0 Å². The minimum Gasteiger partial charge on any atom is -0.384 e. The highest BCUT2D eigenvalue weighted by atomic mass is 14.7. The Morgan fingerprint density at radius 1 is 1.36 bits per heavy atom. The quantitative estimate of drug-likeness (QED) is 0.358. The molecule has 0 radical (unpaired) electrons. The monoisotopic (exact) mass is 154 g/mol. The predicted octanol–water partition coefficient (Wildman–Crippen LogP) is 2.47. The van der Waals surface area contributed by atoms with Crippen LogP contribution in [0.2, 0.25) is 0 Å². The average molecular weight is 154 g/mol. The third-order valence-corrected chi connectivity index (χ3v) is 0.964. The summed E-state index contributed by atoms with van der Waals surface area (Å²) < 4.78 is 0. The third kappa shape index (κ3) is 8.95. The number of hydrogen-bond acceptors (Lipinski definition) is 1. The lowest BCUT2D eigenvalue weighted by atomic mass is 10.2. The minimum absolute atomic E-state index is 0.133. The fourth-order valence-corrected chi connectivity index (χ4v) is 0.330. The van der Waals surface area contributed by atoms with Gasteiger partial charge in [-0.25, -0.2) is 0 Å². The molecule has 0 spiro atoms. The summed E-state index contributed by atoms with van der Waals surface area (Å²) in [6.07, 6.45) is 5.56. The molecular formula is C9H18N2. The van der Waals surface area contributed by atoms with Crippen molar-refractivity contribution in [3.8, 4) is 0 Å². The molecule has 0 aromatic rings. The zero-order valence-corrected chi connectivity index (χ0v) is 7.81. The van der Waals surface area contributed by atoms with Crippen molar-refractivity contribution in [1.82, 2.24) is 0 Å². The lowest BCUT2D eigenvalue weighted by Gasteiger charge is -1.91. The lowest BCUT2D eigenvalue weighted by Crippen LogP contribution is -2.09. The molecule has 0 unspecified atom stereocenters. The van der Waals surface area contributed by atoms with Crippen LogP contribution >= 0.6 is 0 Å². The Balaban J connectivity index is 0. The molecule has 0 aliphatic carbocycles. The molecule has 2 nitrogen and oxygen atoms in total. The van der Waals surface area contributed by atoms with Crippen LogP contribution in [0.4, 0.5) is 0 Å². The molecule has 0 aromatic carbocycles. The molecule has 0 aromatic heterocycles. The van der Waals surface area contributed by atoms with E-state index in [1.54, 1.807) is 0 Å². The lowest BCUT2D eigenvalue weighted by molar-refractivity contribution is 1.39. The molecule has 0 atom stereocenters. The number of rotatable bonds is 2. The van der Waals surface area contributed by atoms with Crippen LogP contribution in [0, 0.1) is 5.41 Å². The topological polar surface area (TPSA) is 49.9 Å². The Kier molecular flexibility index (Phi) is 10.3. The Hall–Kier alpha value is -1.05. The van der Waals surface area contributed by atoms with Gasteiger partial charge in [-0.3, -0.25) is 5.41 Å². The van der Waals surface area contributed by atoms with E-state index < -0.39 is 0 Å². The third-order valence-electron chi connectivity index (χ3n) is 0.964. The Morgan fingerprint density at radius 3 is 2.09 bits per heavy atom. The first kappa shape index (κ1) is 12.6. The van der Waals surface area contributed by atoms with E-state index in [-0.39, 0.29) is 5.84 Å². The zero-order valence-electron chi connectivity index (χ0n) is 7.81. The highest BCUT2D eigenvalue weighted by Gasteiger charge is 1.86. The van der Waals surface area contributed by atoms with Crippen molar-refractivity contribution in [3.05, 3.63) is 23.8 Å². The van der Waals surface area contributed by atoms with Gasteiger partial charge in [-0.2, -0.15) is 0 Å². The molecule has 3 N–H and O–H groups in total. The first-order valence-electron chi connectivity index (χ1n) is 3.82. The van der Waals surface area contributed by atoms with Crippen molar-refractivity contribution in [1.29, 1.82) is 5.41 Å². The maximum Gasteiger partial charge on any atom is 0.118 e. The molecular weight excluding hydrogens is 136 g/mol. The highest BCUT2D eigenvalue weighted by Crippen LogP contribution is 1.89. The number of amidine groups is 1. The number of hydrogen-bond donors (Lipinski definition) is 2. The van der Waals surface area contributed by atoms with Crippen molar-refractivity contribution >= 4 is 5.84 Å². The molecule has 64 valence electrons. The van der Waals surface area contributed by atoms with Crippen LogP contribution in [-0.2, 0) is 0 Å². The summed E-state index contributed by atoms with van der Waals surface area (Å²) in [6, 6.07) is 0. The van der Waals surface area contributed by atoms with E-state index in [0.29, 0.717) is 0 Å². The van der Waals surface area contributed by atoms with Crippen LogP contribution in [0.15, 0.2) is 23.8 Å². The van der Waals surface area contributed by atoms with Gasteiger partial charge in [0.1, 0.15) is 5.84 Å². The van der Waals surface area contributed by atoms with Gasteiger partial charge in [0.05, 0.1) is 0 Å². The van der Waals surface area contributed by atoms with Crippen molar-refractivity contribution < 1.29 is 0 Å². The second-order valence-electron chi connectivity index (χ2n) is 1.79. The maximum atomic E-state index is 6.95. The van der Waals surface area contributed by atoms with Gasteiger partial charge in [0.25, 0.3) is 0 Å². The molecule has 0 amide bonds. The summed E-state index contributed by atoms with van der Waals surface area (Å²) in [6.45, 7) is 7.73. The zero-order chi connectivity index (χ0) is 9.28. The Labute approximate surface area is 69.3 Å². The first-order chi connectivity index (χ1) is 5.18. The van der Waals surface area contributed by atoms with Crippen LogP contribution in [0.5, 0.6) is 0 Å². The molecule has 0 saturated carbocycles. The van der Waals surface area contributed by atoms with Gasteiger partial charge in [0, 0.05) is 0 Å². The molecule has 0 aliphatic rings. The summed E-state index contributed by atoms with van der Waals surface area (Å²) in [4.78, 5) is 0. The van der Waals surface area contributed by atoms with Crippen molar-refractivity contribution in [2.45, 2.75) is 27.7 Å². The maximum absolute atomic E-state index is 6.95. The average Bonchev–Trinajstić information content (AvgIpc) is 2.03. The molecule has 0 aliphatic heterocycles. The second-order valence-corrected chi connectivity index (χ2v) is 1.79. The highest BCUT2D eigenvalue weighted by molar-refractivity contribution is 5.93. The normalized spacial score (nSPS) is 10.7. The molecule has 2 heteroatoms. The van der Waals surface area contributed by atoms with Gasteiger partial charge in [-0.15, -0.1) is 0 Å². The predicted molar refractivity (Wildman–Crippen MR) is 51.8 cm³/mol. The fraction of sp³-hybridized carbons (Fsp3) is 0.444. The largest absolute Gasteiger partial charge is 0.384 e. The second kappa shape index (κ2) is 8.95. The Bertz CT molecular complexity index is 155. The molecule has 0 saturated heterocycles. The van der Waals surface area contributed by atoms with Crippen molar-refractivity contribution in [2.24, 2.45) is 5.73 Å². The van der Waals surface area contributed by atoms with E-state index in [4.69, 9.17) is 11.1 Å². The van der Waals surface area contributed by atoms with Gasteiger partial charge in [0.2, 0.25) is 0 Å². The fourth-order valence-electron chi connectivity index (χ4n) is 0.330. The summed E-state index contributed by atoms with van der Waals surface area (Å²) in [5.74, 6) is 0.133. The van der Waals surface area contributed by atoms with Gasteiger partial charge in [0.15, 0.2) is 0 Å². The van der Waals surface area contributed by atoms with Crippen LogP contribution in [0.3, 0.4) is 0 Å². The van der Waals surface area contributed by atoms with Gasteiger partial charge < -0.3 is 5.73 Å². The number of nitrogens with two attached hydrogens (primary N) is 1. The molecule has 11 heavy (non-hydrogen) atoms. The van der Waals surface area contributed by atoms with Gasteiger partial charge >= 0.3 is 0 Å². The van der Waals surface area contributed by atoms with Crippen LogP contribution in [0.1, 0.15) is 27.7 Å². The van der Waals surface area contributed by atoms with E-state index in [1.807, 2.05) is 45.9 Å². The van der Waals surface area contributed by atoms with E-state index in [9.17, 15) is 0 Å². The summed E-state index contributed by atoms with van der Waals surface area (Å²) in [5.41, 5.74) is 5.96.